The van der Waals surface area contributed by atoms with Crippen LogP contribution < -0.4 is 10.6 Å². The van der Waals surface area contributed by atoms with E-state index < -0.39 is 0 Å². The number of nitrogens with zero attached hydrogens (tertiary/aromatic N) is 4. The maximum absolute atomic E-state index is 12.4. The third-order valence-electron chi connectivity index (χ3n) is 3.89. The van der Waals surface area contributed by atoms with Crippen molar-refractivity contribution in [2.45, 2.75) is 46.1 Å². The number of carbonyl (C=O) groups excluding carboxylic acids is 1. The molecule has 0 unspecified atom stereocenters. The van der Waals surface area contributed by atoms with Crippen LogP contribution in [0, 0.1) is 5.92 Å². The Hall–Kier alpha value is -0.630. The van der Waals surface area contributed by atoms with Crippen LogP contribution in [0.1, 0.15) is 39.4 Å². The monoisotopic (exact) mass is 397 g/mol. The van der Waals surface area contributed by atoms with Crippen LogP contribution in [0.3, 0.4) is 0 Å². The van der Waals surface area contributed by atoms with Crippen molar-refractivity contribution in [2.24, 2.45) is 11.7 Å². The first-order chi connectivity index (χ1) is 10.5. The van der Waals surface area contributed by atoms with Gasteiger partial charge in [0.05, 0.1) is 6.04 Å². The molecule has 1 fully saturated rings. The highest BCUT2D eigenvalue weighted by molar-refractivity contribution is 7.09. The van der Waals surface area contributed by atoms with E-state index in [1.54, 1.807) is 0 Å². The van der Waals surface area contributed by atoms with Gasteiger partial charge in [-0.1, -0.05) is 20.8 Å². The minimum absolute atomic E-state index is 0. The van der Waals surface area contributed by atoms with Gasteiger partial charge in [-0.05, 0) is 18.8 Å². The zero-order valence-electron chi connectivity index (χ0n) is 14.6. The molecule has 2 N–H and O–H groups in total. The number of halogens is 2. The molecule has 6 nitrogen and oxygen atoms in total. The molecule has 2 heterocycles. The number of aromatic nitrogens is 2. The summed E-state index contributed by atoms with van der Waals surface area (Å²) in [5.74, 6) is 1.43. The number of amides is 1. The van der Waals surface area contributed by atoms with Crippen LogP contribution >= 0.6 is 36.3 Å². The molecule has 140 valence electrons. The van der Waals surface area contributed by atoms with Crippen molar-refractivity contribution >= 4 is 47.4 Å². The maximum Gasteiger partial charge on any atom is 0.239 e. The molecule has 1 aliphatic heterocycles. The molecule has 9 heteroatoms. The Labute approximate surface area is 161 Å². The second kappa shape index (κ2) is 11.1. The lowest BCUT2D eigenvalue weighted by Gasteiger charge is -2.25. The van der Waals surface area contributed by atoms with E-state index in [4.69, 9.17) is 5.73 Å². The van der Waals surface area contributed by atoms with Crippen LogP contribution in [0.25, 0.3) is 0 Å². The molecule has 0 spiro atoms. The summed E-state index contributed by atoms with van der Waals surface area (Å²) < 4.78 is 4.34. The predicted octanol–water partition coefficient (Wildman–Crippen LogP) is 2.36. The molecule has 1 saturated heterocycles. The van der Waals surface area contributed by atoms with E-state index in [2.05, 4.69) is 35.0 Å². The van der Waals surface area contributed by atoms with E-state index in [1.165, 1.54) is 11.5 Å². The first kappa shape index (κ1) is 23.4. The lowest BCUT2D eigenvalue weighted by atomic mass is 10.0. The second-order valence-corrected chi connectivity index (χ2v) is 6.98. The fraction of sp³-hybridized carbons (Fsp3) is 0.800. The van der Waals surface area contributed by atoms with Gasteiger partial charge in [-0.15, -0.1) is 24.8 Å². The van der Waals surface area contributed by atoms with Crippen molar-refractivity contribution in [1.29, 1.82) is 0 Å². The fourth-order valence-electron chi connectivity index (χ4n) is 2.69. The number of hydrogen-bond donors (Lipinski definition) is 1. The highest BCUT2D eigenvalue weighted by atomic mass is 35.5. The van der Waals surface area contributed by atoms with Crippen LogP contribution in [0.5, 0.6) is 0 Å². The smallest absolute Gasteiger partial charge is 0.239 e. The van der Waals surface area contributed by atoms with Crippen molar-refractivity contribution in [3.05, 3.63) is 5.82 Å². The molecule has 2 rings (SSSR count). The van der Waals surface area contributed by atoms with Gasteiger partial charge in [0, 0.05) is 44.1 Å². The van der Waals surface area contributed by atoms with Gasteiger partial charge in [0.25, 0.3) is 0 Å². The molecular formula is C15H29Cl2N5OS. The molecule has 0 aliphatic carbocycles. The number of carbonyl (C=O) groups is 1. The largest absolute Gasteiger partial charge is 0.345 e. The normalized spacial score (nSPS) is 16.2. The lowest BCUT2D eigenvalue weighted by Crippen LogP contribution is -2.45. The highest BCUT2D eigenvalue weighted by Gasteiger charge is 2.25. The SMILES string of the molecule is CCc1nsc(N2CCCN(C(=O)[C@@H](N)CC(C)C)CC2)n1.Cl.Cl. The standard InChI is InChI=1S/C15H27N5OS.2ClH/c1-4-13-17-15(22-18-13)20-7-5-6-19(8-9-20)14(21)12(16)10-11(2)3;;/h11-12H,4-10,16H2,1-3H3;2*1H/t12-;;/m0../s1. The van der Waals surface area contributed by atoms with E-state index >= 15 is 0 Å². The molecule has 0 radical (unpaired) electrons. The van der Waals surface area contributed by atoms with E-state index in [-0.39, 0.29) is 36.8 Å². The Balaban J connectivity index is 0.00000264. The minimum Gasteiger partial charge on any atom is -0.345 e. The third-order valence-corrected chi connectivity index (χ3v) is 4.71. The minimum atomic E-state index is -0.375. The third kappa shape index (κ3) is 6.35. The van der Waals surface area contributed by atoms with Gasteiger partial charge < -0.3 is 15.5 Å². The van der Waals surface area contributed by atoms with Gasteiger partial charge in [-0.2, -0.15) is 4.37 Å². The summed E-state index contributed by atoms with van der Waals surface area (Å²) in [6.45, 7) is 9.47. The number of anilines is 1. The van der Waals surface area contributed by atoms with Crippen LogP contribution in [0.4, 0.5) is 5.13 Å². The van der Waals surface area contributed by atoms with Crippen molar-refractivity contribution < 1.29 is 4.79 Å². The summed E-state index contributed by atoms with van der Waals surface area (Å²) in [5.41, 5.74) is 6.04. The molecule has 1 atom stereocenters. The Kier molecular flexibility index (Phi) is 10.8. The molecular weight excluding hydrogens is 369 g/mol. The van der Waals surface area contributed by atoms with Gasteiger partial charge in [-0.3, -0.25) is 4.79 Å². The summed E-state index contributed by atoms with van der Waals surface area (Å²) in [7, 11) is 0. The van der Waals surface area contributed by atoms with Crippen LogP contribution in [0.15, 0.2) is 0 Å². The molecule has 0 aromatic carbocycles. The molecule has 24 heavy (non-hydrogen) atoms. The van der Waals surface area contributed by atoms with Gasteiger partial charge in [0.1, 0.15) is 5.82 Å². The summed E-state index contributed by atoms with van der Waals surface area (Å²) in [6, 6.07) is -0.375. The van der Waals surface area contributed by atoms with Gasteiger partial charge in [0.15, 0.2) is 0 Å². The molecule has 1 aliphatic rings. The van der Waals surface area contributed by atoms with Crippen molar-refractivity contribution in [3.8, 4) is 0 Å². The number of nitrogens with two attached hydrogens (primary N) is 1. The maximum atomic E-state index is 12.4. The Morgan fingerprint density at radius 2 is 1.96 bits per heavy atom. The highest BCUT2D eigenvalue weighted by Crippen LogP contribution is 2.19. The predicted molar refractivity (Wildman–Crippen MR) is 105 cm³/mol. The first-order valence-corrected chi connectivity index (χ1v) is 8.90. The second-order valence-electron chi connectivity index (χ2n) is 6.25. The zero-order valence-corrected chi connectivity index (χ0v) is 17.1. The topological polar surface area (TPSA) is 75.4 Å². The van der Waals surface area contributed by atoms with E-state index in [0.717, 1.165) is 49.9 Å². The Morgan fingerprint density at radius 3 is 2.54 bits per heavy atom. The number of aryl methyl sites for hydroxylation is 1. The lowest BCUT2D eigenvalue weighted by molar-refractivity contribution is -0.132. The molecule has 1 aromatic rings. The molecule has 0 saturated carbocycles. The molecule has 0 bridgehead atoms. The molecule has 1 amide bonds. The number of hydrogen-bond acceptors (Lipinski definition) is 6. The average molecular weight is 398 g/mol. The zero-order chi connectivity index (χ0) is 16.1. The van der Waals surface area contributed by atoms with Crippen LogP contribution in [0.2, 0.25) is 0 Å². The Morgan fingerprint density at radius 1 is 1.25 bits per heavy atom. The average Bonchev–Trinajstić information content (AvgIpc) is 2.83. The molecule has 1 aromatic heterocycles. The summed E-state index contributed by atoms with van der Waals surface area (Å²) in [4.78, 5) is 21.1. The van der Waals surface area contributed by atoms with E-state index in [9.17, 15) is 4.79 Å². The van der Waals surface area contributed by atoms with E-state index in [1.807, 2.05) is 4.90 Å². The van der Waals surface area contributed by atoms with Crippen LogP contribution in [-0.4, -0.2) is 52.4 Å². The van der Waals surface area contributed by atoms with Crippen molar-refractivity contribution in [2.75, 3.05) is 31.1 Å². The summed E-state index contributed by atoms with van der Waals surface area (Å²) in [5, 5.41) is 0.970. The fourth-order valence-corrected chi connectivity index (χ4v) is 3.49. The van der Waals surface area contributed by atoms with Gasteiger partial charge >= 0.3 is 0 Å². The quantitative estimate of drug-likeness (QED) is 0.824. The Bertz CT molecular complexity index is 500. The van der Waals surface area contributed by atoms with E-state index in [0.29, 0.717) is 12.5 Å². The van der Waals surface area contributed by atoms with Crippen molar-refractivity contribution in [3.63, 3.8) is 0 Å². The number of rotatable bonds is 5. The summed E-state index contributed by atoms with van der Waals surface area (Å²) in [6.07, 6.45) is 2.55. The first-order valence-electron chi connectivity index (χ1n) is 8.13. The van der Waals surface area contributed by atoms with Gasteiger partial charge in [0.2, 0.25) is 11.0 Å². The van der Waals surface area contributed by atoms with Crippen molar-refractivity contribution in [1.82, 2.24) is 14.3 Å². The summed E-state index contributed by atoms with van der Waals surface area (Å²) >= 11 is 1.45. The van der Waals surface area contributed by atoms with Crippen LogP contribution in [-0.2, 0) is 11.2 Å². The van der Waals surface area contributed by atoms with Gasteiger partial charge in [-0.25, -0.2) is 4.98 Å².